The first kappa shape index (κ1) is 19.2. The normalized spacial score (nSPS) is 17.1. The minimum Gasteiger partial charge on any atom is -0.321 e. The lowest BCUT2D eigenvalue weighted by Gasteiger charge is -2.22. The van der Waals surface area contributed by atoms with Gasteiger partial charge in [-0.3, -0.25) is 4.79 Å². The van der Waals surface area contributed by atoms with Crippen LogP contribution in [-0.2, 0) is 10.0 Å². The Morgan fingerprint density at radius 1 is 1.25 bits per heavy atom. The molecule has 4 rings (SSSR count). The summed E-state index contributed by atoms with van der Waals surface area (Å²) in [6.45, 7) is 0.310. The van der Waals surface area contributed by atoms with E-state index in [9.17, 15) is 22.0 Å². The number of hydrogen-bond acceptors (Lipinski definition) is 6. The molecule has 0 radical (unpaired) electrons. The summed E-state index contributed by atoms with van der Waals surface area (Å²) in [7, 11) is -3.45. The number of hydrogen-bond donors (Lipinski definition) is 1. The van der Waals surface area contributed by atoms with E-state index >= 15 is 0 Å². The predicted octanol–water partition coefficient (Wildman–Crippen LogP) is 3.87. The lowest BCUT2D eigenvalue weighted by Crippen LogP contribution is -2.35. The molecule has 0 atom stereocenters. The van der Waals surface area contributed by atoms with Crippen LogP contribution >= 0.6 is 23.5 Å². The number of nitrogens with one attached hydrogen (secondary N) is 1. The minimum absolute atomic E-state index is 0.0582. The van der Waals surface area contributed by atoms with Gasteiger partial charge < -0.3 is 10.2 Å². The zero-order valence-corrected chi connectivity index (χ0v) is 16.6. The third kappa shape index (κ3) is 3.87. The predicted molar refractivity (Wildman–Crippen MR) is 107 cm³/mol. The number of thioether (sulfide) groups is 2. The number of benzene rings is 2. The first-order valence-corrected chi connectivity index (χ1v) is 11.4. The number of nitrogens with zero attached hydrogens (tertiary/aromatic N) is 2. The van der Waals surface area contributed by atoms with Crippen LogP contribution in [0.15, 0.2) is 56.7 Å². The van der Waals surface area contributed by atoms with E-state index in [4.69, 9.17) is 0 Å². The number of anilines is 2. The molecular formula is C17H13F2N3O3S3. The van der Waals surface area contributed by atoms with Crippen LogP contribution in [0.2, 0.25) is 0 Å². The molecule has 0 fully saturated rings. The van der Waals surface area contributed by atoms with Crippen LogP contribution in [0.4, 0.5) is 20.2 Å². The van der Waals surface area contributed by atoms with Crippen molar-refractivity contribution in [1.82, 2.24) is 0 Å². The molecule has 0 aliphatic carbocycles. The Hall–Kier alpha value is -2.11. The second-order valence-electron chi connectivity index (χ2n) is 5.92. The molecule has 28 heavy (non-hydrogen) atoms. The van der Waals surface area contributed by atoms with Gasteiger partial charge in [-0.2, -0.15) is 8.78 Å². The Kier molecular flexibility index (Phi) is 5.06. The van der Waals surface area contributed by atoms with E-state index in [0.29, 0.717) is 34.7 Å². The highest BCUT2D eigenvalue weighted by atomic mass is 32.2. The van der Waals surface area contributed by atoms with Crippen LogP contribution in [0, 0.1) is 0 Å². The zero-order valence-electron chi connectivity index (χ0n) is 14.1. The van der Waals surface area contributed by atoms with Crippen molar-refractivity contribution in [3.05, 3.63) is 48.0 Å². The van der Waals surface area contributed by atoms with Crippen LogP contribution in [0.25, 0.3) is 0 Å². The number of fused-ring (bicyclic) bond motifs is 3. The first-order chi connectivity index (χ1) is 13.3. The number of carbonyl (C=O) groups excluding carboxylic acids is 1. The van der Waals surface area contributed by atoms with Gasteiger partial charge in [-0.25, -0.2) is 8.42 Å². The molecule has 0 saturated heterocycles. The molecular weight excluding hydrogens is 428 g/mol. The Morgan fingerprint density at radius 2 is 2.04 bits per heavy atom. The molecule has 11 heteroatoms. The molecule has 2 heterocycles. The van der Waals surface area contributed by atoms with Crippen molar-refractivity contribution < 1.29 is 22.0 Å². The summed E-state index contributed by atoms with van der Waals surface area (Å²) in [6, 6.07) is 11.3. The maximum absolute atomic E-state index is 12.7. The standard InChI is InChI=1S/C17H13F2N3O3S3/c18-16(19)26-13-4-2-1-3-11(13)20-15(23)10-5-6-12-14(9-10)27-17-21-28(24,25)8-7-22(12)17/h1-6,9,16H,7-8H2,(H,20,23). The minimum atomic E-state index is -3.45. The van der Waals surface area contributed by atoms with E-state index in [1.54, 1.807) is 41.3 Å². The number of carbonyl (C=O) groups is 1. The van der Waals surface area contributed by atoms with Crippen molar-refractivity contribution in [1.29, 1.82) is 0 Å². The van der Waals surface area contributed by atoms with E-state index in [-0.39, 0.29) is 10.6 Å². The van der Waals surface area contributed by atoms with Crippen molar-refractivity contribution in [3.63, 3.8) is 0 Å². The maximum Gasteiger partial charge on any atom is 0.288 e. The number of rotatable bonds is 4. The lowest BCUT2D eigenvalue weighted by atomic mass is 10.1. The van der Waals surface area contributed by atoms with Gasteiger partial charge in [0.1, 0.15) is 0 Å². The summed E-state index contributed by atoms with van der Waals surface area (Å²) in [5, 5.41) is 3.03. The summed E-state index contributed by atoms with van der Waals surface area (Å²) in [4.78, 5) is 15.4. The fourth-order valence-corrected chi connectivity index (χ4v) is 5.73. The van der Waals surface area contributed by atoms with Gasteiger partial charge in [0.05, 0.1) is 17.1 Å². The number of sulfonamides is 1. The molecule has 2 aromatic rings. The zero-order chi connectivity index (χ0) is 19.9. The van der Waals surface area contributed by atoms with Gasteiger partial charge in [0, 0.05) is 21.9 Å². The molecule has 6 nitrogen and oxygen atoms in total. The van der Waals surface area contributed by atoms with Gasteiger partial charge in [-0.1, -0.05) is 23.9 Å². The molecule has 0 aromatic heterocycles. The van der Waals surface area contributed by atoms with Gasteiger partial charge in [0.25, 0.3) is 21.7 Å². The van der Waals surface area contributed by atoms with Gasteiger partial charge in [-0.05, 0) is 42.1 Å². The Bertz CT molecular complexity index is 1090. The lowest BCUT2D eigenvalue weighted by molar-refractivity contribution is 0.102. The molecule has 0 spiro atoms. The van der Waals surface area contributed by atoms with Crippen LogP contribution in [0.1, 0.15) is 10.4 Å². The van der Waals surface area contributed by atoms with E-state index in [1.807, 2.05) is 0 Å². The van der Waals surface area contributed by atoms with Crippen molar-refractivity contribution in [2.45, 2.75) is 15.5 Å². The second-order valence-corrected chi connectivity index (χ2v) is 9.72. The Balaban J connectivity index is 1.58. The van der Waals surface area contributed by atoms with E-state index in [1.165, 1.54) is 17.8 Å². The summed E-state index contributed by atoms with van der Waals surface area (Å²) >= 11 is 1.55. The second kappa shape index (κ2) is 7.37. The summed E-state index contributed by atoms with van der Waals surface area (Å²) in [6.07, 6.45) is 0. The third-order valence-electron chi connectivity index (χ3n) is 4.09. The number of para-hydroxylation sites is 1. The third-order valence-corrected chi connectivity index (χ3v) is 7.18. The largest absolute Gasteiger partial charge is 0.321 e. The van der Waals surface area contributed by atoms with Crippen LogP contribution in [0.3, 0.4) is 0 Å². The fourth-order valence-electron chi connectivity index (χ4n) is 2.84. The van der Waals surface area contributed by atoms with Gasteiger partial charge in [0.15, 0.2) is 5.17 Å². The Morgan fingerprint density at radius 3 is 2.82 bits per heavy atom. The number of amidine groups is 1. The summed E-state index contributed by atoms with van der Waals surface area (Å²) in [5.41, 5.74) is 1.44. The molecule has 0 bridgehead atoms. The molecule has 2 aliphatic heterocycles. The maximum atomic E-state index is 12.7. The smallest absolute Gasteiger partial charge is 0.288 e. The average Bonchev–Trinajstić information content (AvgIpc) is 2.98. The van der Waals surface area contributed by atoms with Gasteiger partial charge >= 0.3 is 0 Å². The van der Waals surface area contributed by atoms with Crippen LogP contribution in [-0.4, -0.2) is 37.5 Å². The highest BCUT2D eigenvalue weighted by Gasteiger charge is 2.33. The Labute approximate surface area is 168 Å². The SMILES string of the molecule is O=C(Nc1ccccc1SC(F)F)c1ccc2c(c1)SC1=NS(=O)(=O)CCN12. The molecule has 0 unspecified atom stereocenters. The van der Waals surface area contributed by atoms with E-state index in [0.717, 1.165) is 10.6 Å². The molecule has 1 amide bonds. The van der Waals surface area contributed by atoms with Crippen molar-refractivity contribution in [2.24, 2.45) is 4.40 Å². The highest BCUT2D eigenvalue weighted by Crippen LogP contribution is 2.42. The van der Waals surface area contributed by atoms with Crippen LogP contribution in [0.5, 0.6) is 0 Å². The number of alkyl halides is 2. The number of halogens is 2. The topological polar surface area (TPSA) is 78.8 Å². The van der Waals surface area contributed by atoms with Crippen LogP contribution < -0.4 is 10.2 Å². The van der Waals surface area contributed by atoms with Crippen molar-refractivity contribution in [2.75, 3.05) is 22.5 Å². The molecule has 2 aliphatic rings. The van der Waals surface area contributed by atoms with Gasteiger partial charge in [0.2, 0.25) is 0 Å². The molecule has 146 valence electrons. The fraction of sp³-hybridized carbons (Fsp3) is 0.176. The average molecular weight is 442 g/mol. The first-order valence-electron chi connectivity index (χ1n) is 8.10. The number of amides is 1. The van der Waals surface area contributed by atoms with Gasteiger partial charge in [-0.15, -0.1) is 4.40 Å². The van der Waals surface area contributed by atoms with E-state index in [2.05, 4.69) is 9.71 Å². The monoisotopic (exact) mass is 441 g/mol. The van der Waals surface area contributed by atoms with Crippen molar-refractivity contribution in [3.8, 4) is 0 Å². The highest BCUT2D eigenvalue weighted by molar-refractivity contribution is 8.15. The quantitative estimate of drug-likeness (QED) is 0.726. The summed E-state index contributed by atoms with van der Waals surface area (Å²) in [5.74, 6) is -3.09. The molecule has 1 N–H and O–H groups in total. The molecule has 2 aromatic carbocycles. The molecule has 0 saturated carbocycles. The van der Waals surface area contributed by atoms with E-state index < -0.39 is 21.7 Å². The summed E-state index contributed by atoms with van der Waals surface area (Å²) < 4.78 is 52.5. The van der Waals surface area contributed by atoms with Crippen molar-refractivity contribution >= 4 is 56.0 Å².